The third kappa shape index (κ3) is 10.7. The number of hydrogen-bond acceptors (Lipinski definition) is 2. The van der Waals surface area contributed by atoms with Crippen molar-refractivity contribution in [2.45, 2.75) is 72.9 Å². The van der Waals surface area contributed by atoms with Crippen molar-refractivity contribution in [2.75, 3.05) is 0 Å². The SMILES string of the molecule is [2H]c1c([2H])c([2H])c(-c2cnc(-n3c4[c-]c(Oc5[c-]c(-n6[c-][n+](-c7c(-c8cccc(C(C)(C)C)c8)cc(C(C)(C)C)cc7[Si](c7c([2H])c([2H])c([2H])c([2H])c7[2H])(c7c([2H])c([2H])c([2H])c([2H])c7[2H])c7c([2H])c([2H])c([2H])c([2H])c7[2H])c7ccc(-c8c(C([2H])([2H])[2H])cccc8C([2H])([2H])[2H])cc76)ccc5)ccc4c4ccccc43)cc2C([2H])([2H])[2H])c([2H])c1[2H].[Pt]. The Morgan fingerprint density at radius 3 is 1.79 bits per heavy atom. The Hall–Kier alpha value is -9.45. The molecule has 0 saturated carbocycles. The Morgan fingerprint density at radius 1 is 0.511 bits per heavy atom. The zero-order chi connectivity index (χ0) is 86.1. The van der Waals surface area contributed by atoms with Crippen LogP contribution in [0, 0.1) is 39.0 Å². The van der Waals surface area contributed by atoms with Crippen molar-refractivity contribution in [1.29, 1.82) is 0 Å². The molecule has 0 radical (unpaired) electrons. The summed E-state index contributed by atoms with van der Waals surface area (Å²) in [5.41, 5.74) is -0.942. The van der Waals surface area contributed by atoms with Crippen LogP contribution in [0.3, 0.4) is 0 Å². The van der Waals surface area contributed by atoms with E-state index in [0.717, 1.165) is 11.8 Å². The molecule has 11 aromatic carbocycles. The van der Waals surface area contributed by atoms with Crippen LogP contribution in [0.15, 0.2) is 261 Å². The number of aromatic nitrogens is 4. The molecule has 0 bridgehead atoms. The maximum absolute atomic E-state index is 10.3. The molecule has 0 saturated heterocycles. The molecule has 90 heavy (non-hydrogen) atoms. The van der Waals surface area contributed by atoms with Crippen LogP contribution in [0.5, 0.6) is 11.5 Å². The van der Waals surface area contributed by atoms with Crippen molar-refractivity contribution in [3.05, 3.63) is 307 Å². The molecule has 0 aliphatic heterocycles. The smallest absolute Gasteiger partial charge is 0.268 e. The van der Waals surface area contributed by atoms with Crippen LogP contribution in [0.2, 0.25) is 0 Å². The monoisotopic (exact) mass is 1390 g/mol. The fourth-order valence-corrected chi connectivity index (χ4v) is 15.6. The molecule has 14 aromatic rings. The molecule has 5 nitrogen and oxygen atoms in total. The summed E-state index contributed by atoms with van der Waals surface area (Å²) in [4.78, 5) is 4.70. The van der Waals surface area contributed by atoms with Gasteiger partial charge in [-0.05, 0) is 137 Å². The minimum absolute atomic E-state index is 0. The molecule has 0 N–H and O–H groups in total. The van der Waals surface area contributed by atoms with Gasteiger partial charge in [-0.2, -0.15) is 18.2 Å². The summed E-state index contributed by atoms with van der Waals surface area (Å²) >= 11 is 0. The maximum atomic E-state index is 10.3. The quantitative estimate of drug-likeness (QED) is 0.0529. The second-order valence-corrected chi connectivity index (χ2v) is 27.0. The zero-order valence-corrected chi connectivity index (χ0v) is 52.6. The largest absolute Gasteiger partial charge is 0.510 e. The van der Waals surface area contributed by atoms with Crippen LogP contribution >= 0.6 is 0 Å². The van der Waals surface area contributed by atoms with E-state index in [4.69, 9.17) is 33.0 Å². The number of pyridine rings is 1. The number of para-hydroxylation sites is 1. The predicted octanol–water partition coefficient (Wildman–Crippen LogP) is 17.5. The number of rotatable bonds is 12. The summed E-state index contributed by atoms with van der Waals surface area (Å²) < 4.78 is 279. The van der Waals surface area contributed by atoms with Crippen LogP contribution in [0.25, 0.3) is 83.4 Å². The van der Waals surface area contributed by atoms with Gasteiger partial charge in [0.25, 0.3) is 6.33 Å². The fourth-order valence-electron chi connectivity index (χ4n) is 11.6. The molecule has 0 aliphatic rings. The number of benzene rings is 11. The predicted molar refractivity (Wildman–Crippen MR) is 372 cm³/mol. The molecule has 0 spiro atoms. The second-order valence-electron chi connectivity index (χ2n) is 23.5. The third-order valence-electron chi connectivity index (χ3n) is 15.9. The molecule has 0 fully saturated rings. The molecule has 3 heterocycles. The van der Waals surface area contributed by atoms with Gasteiger partial charge in [0.15, 0.2) is 8.07 Å². The topological polar surface area (TPSA) is 35.9 Å². The minimum Gasteiger partial charge on any atom is -0.510 e. The summed E-state index contributed by atoms with van der Waals surface area (Å²) in [5, 5.41) is -1.37. The van der Waals surface area contributed by atoms with E-state index in [0.29, 0.717) is 32.9 Å². The standard InChI is InChI=1S/C83H70N4OSi.Pt/c1-56-27-24-28-57(2)80(56)61-43-46-75-77(49-61)85(64-33-26-34-65(52-64)88-66-44-45-71-70-41-22-23-42-74(70)87(76(71)53-66)79-47-58(3)73(54-84-79)59-29-14-10-15-30-59)55-86(75)81-72(60-31-25-32-62(48-60)82(4,5)6)50-63(83(7,8)9)51-78(81)89(67-35-16-11-17-36-67,68-37-18-12-19-38-68)69-39-20-13-21-40-69;/h10-51,54H,1-9H3;/q-2;/i1D3,2D3,3D3,10D,11D,12D,13D,14D,15D,16D,17D,18D,19D,20D,21D,29D,30D,35D,36D,37D,38D,39D,40D;. The minimum atomic E-state index is -6.17. The molecule has 0 aliphatic carbocycles. The van der Waals surface area contributed by atoms with E-state index in [1.54, 1.807) is 77.4 Å². The molecule has 14 rings (SSSR count). The Morgan fingerprint density at radius 2 is 1.13 bits per heavy atom. The van der Waals surface area contributed by atoms with Crippen molar-refractivity contribution in [3.8, 4) is 62.1 Å². The van der Waals surface area contributed by atoms with Crippen LogP contribution in [-0.2, 0) is 31.9 Å². The first-order valence-electron chi connectivity index (χ1n) is 43.0. The normalized spacial score (nSPS) is 17.0. The Balaban J connectivity index is 0.0000123. The van der Waals surface area contributed by atoms with Crippen LogP contribution in [0.1, 0.15) is 109 Å². The summed E-state index contributed by atoms with van der Waals surface area (Å²) in [6, 6.07) is 23.8. The molecule has 0 atom stereocenters. The van der Waals surface area contributed by atoms with Gasteiger partial charge in [0.1, 0.15) is 5.82 Å². The Bertz CT molecular complexity index is 6300. The van der Waals surface area contributed by atoms with Crippen LogP contribution in [0.4, 0.5) is 0 Å². The Kier molecular flexibility index (Phi) is 9.13. The van der Waals surface area contributed by atoms with Crippen molar-refractivity contribution < 1.29 is 70.1 Å². The van der Waals surface area contributed by atoms with E-state index < -0.39 is 176 Å². The number of imidazole rings is 1. The number of nitrogens with zero attached hydrogens (tertiary/aromatic N) is 4. The van der Waals surface area contributed by atoms with E-state index in [9.17, 15) is 16.4 Å². The molecule has 0 unspecified atom stereocenters. The number of hydrogen-bond donors (Lipinski definition) is 0. The first-order valence-corrected chi connectivity index (χ1v) is 30.5. The van der Waals surface area contributed by atoms with Gasteiger partial charge in [-0.15, -0.1) is 29.7 Å². The van der Waals surface area contributed by atoms with E-state index >= 15 is 0 Å². The maximum Gasteiger partial charge on any atom is 0.268 e. The van der Waals surface area contributed by atoms with Crippen molar-refractivity contribution in [3.63, 3.8) is 0 Å². The van der Waals surface area contributed by atoms with Gasteiger partial charge in [-0.25, -0.2) is 4.98 Å². The fraction of sp³-hybridized carbons (Fsp3) is 0.133. The van der Waals surface area contributed by atoms with Gasteiger partial charge < -0.3 is 13.9 Å². The molecule has 0 amide bonds. The van der Waals surface area contributed by atoms with Gasteiger partial charge in [-0.3, -0.25) is 4.57 Å². The summed E-state index contributed by atoms with van der Waals surface area (Å²) in [6.45, 7) is 2.54. The molecule has 444 valence electrons. The molecule has 3 aromatic heterocycles. The number of aryl methyl sites for hydroxylation is 3. The summed E-state index contributed by atoms with van der Waals surface area (Å²) in [5.74, 6) is 0.0392. The zero-order valence-electron chi connectivity index (χ0n) is 78.3. The van der Waals surface area contributed by atoms with E-state index in [2.05, 4.69) is 18.5 Å². The van der Waals surface area contributed by atoms with Crippen LogP contribution < -0.4 is 30.1 Å². The first kappa shape index (κ1) is 34.5. The number of ether oxygens (including phenoxy) is 1. The van der Waals surface area contributed by atoms with E-state index in [-0.39, 0.29) is 110 Å². The Labute approximate surface area is 585 Å². The molecular formula is C83H70N4OPtSi-2. The average Bonchev–Trinajstić information content (AvgIpc) is 0.984. The van der Waals surface area contributed by atoms with Crippen molar-refractivity contribution >= 4 is 61.7 Å². The second kappa shape index (κ2) is 23.8. The first-order chi connectivity index (χ1) is 55.0. The van der Waals surface area contributed by atoms with Crippen LogP contribution in [-0.4, -0.2) is 22.2 Å². The molecule has 7 heteroatoms. The van der Waals surface area contributed by atoms with Gasteiger partial charge in [0, 0.05) is 62.2 Å². The van der Waals surface area contributed by atoms with Gasteiger partial charge >= 0.3 is 0 Å². The van der Waals surface area contributed by atoms with E-state index in [1.807, 2.05) is 59.7 Å². The number of fused-ring (bicyclic) bond motifs is 4. The van der Waals surface area contributed by atoms with E-state index in [1.165, 1.54) is 51.6 Å². The molecular weight excluding hydrogens is 1290 g/mol. The van der Waals surface area contributed by atoms with Crippen molar-refractivity contribution in [2.24, 2.45) is 0 Å². The van der Waals surface area contributed by atoms with Crippen molar-refractivity contribution in [1.82, 2.24) is 14.1 Å². The summed E-state index contributed by atoms with van der Waals surface area (Å²) in [6.07, 6.45) is 4.65. The van der Waals surface area contributed by atoms with Gasteiger partial charge in [0.2, 0.25) is 0 Å². The van der Waals surface area contributed by atoms with Gasteiger partial charge in [-0.1, -0.05) is 253 Å². The summed E-state index contributed by atoms with van der Waals surface area (Å²) in [7, 11) is -6.17. The average molecular weight is 1390 g/mol. The third-order valence-corrected chi connectivity index (χ3v) is 20.1. The van der Waals surface area contributed by atoms with Gasteiger partial charge in [0.05, 0.1) is 44.1 Å².